The molecule has 0 heterocycles. The summed E-state index contributed by atoms with van der Waals surface area (Å²) in [5.41, 5.74) is 5.50. The van der Waals surface area contributed by atoms with Crippen molar-refractivity contribution in [2.75, 3.05) is 0 Å². The van der Waals surface area contributed by atoms with Crippen LogP contribution in [0, 0.1) is 11.8 Å². The van der Waals surface area contributed by atoms with Crippen LogP contribution in [0.2, 0.25) is 0 Å². The summed E-state index contributed by atoms with van der Waals surface area (Å²) in [5.74, 6) is 2.25. The van der Waals surface area contributed by atoms with Crippen molar-refractivity contribution in [2.24, 2.45) is 11.8 Å². The molecule has 0 spiro atoms. The standard InChI is InChI=1S/C21H30O/c1-13(2)17-11-16-8-9-19-14(3)7-6-10-21(19,5)20(16)12-18(17)15(4)22/h11-14,19H,6-10H2,1-5H3/t14-,19?,21?/m0/s1. The number of ketones is 1. The molecule has 120 valence electrons. The van der Waals surface area contributed by atoms with Crippen molar-refractivity contribution in [3.63, 3.8) is 0 Å². The molecule has 0 bridgehead atoms. The number of rotatable bonds is 2. The number of benzene rings is 1. The van der Waals surface area contributed by atoms with Crippen molar-refractivity contribution < 1.29 is 4.79 Å². The zero-order valence-electron chi connectivity index (χ0n) is 14.8. The summed E-state index contributed by atoms with van der Waals surface area (Å²) >= 11 is 0. The van der Waals surface area contributed by atoms with Gasteiger partial charge in [-0.15, -0.1) is 0 Å². The number of fused-ring (bicyclic) bond motifs is 3. The van der Waals surface area contributed by atoms with Crippen LogP contribution >= 0.6 is 0 Å². The fraction of sp³-hybridized carbons (Fsp3) is 0.667. The minimum atomic E-state index is 0.223. The third kappa shape index (κ3) is 2.33. The van der Waals surface area contributed by atoms with Crippen LogP contribution in [0.5, 0.6) is 0 Å². The van der Waals surface area contributed by atoms with E-state index < -0.39 is 0 Å². The molecule has 0 N–H and O–H groups in total. The van der Waals surface area contributed by atoms with E-state index in [-0.39, 0.29) is 11.2 Å². The van der Waals surface area contributed by atoms with Gasteiger partial charge in [0.05, 0.1) is 0 Å². The summed E-state index contributed by atoms with van der Waals surface area (Å²) < 4.78 is 0. The Morgan fingerprint density at radius 2 is 2.00 bits per heavy atom. The van der Waals surface area contributed by atoms with Gasteiger partial charge in [-0.1, -0.05) is 46.6 Å². The highest BCUT2D eigenvalue weighted by Crippen LogP contribution is 2.52. The van der Waals surface area contributed by atoms with Crippen LogP contribution in [0.1, 0.15) is 93.3 Å². The largest absolute Gasteiger partial charge is 0.295 e. The Morgan fingerprint density at radius 3 is 2.64 bits per heavy atom. The van der Waals surface area contributed by atoms with Crippen molar-refractivity contribution in [3.05, 3.63) is 34.4 Å². The van der Waals surface area contributed by atoms with Crippen molar-refractivity contribution in [1.82, 2.24) is 0 Å². The second-order valence-corrected chi connectivity index (χ2v) is 8.24. The van der Waals surface area contributed by atoms with Crippen LogP contribution in [0.25, 0.3) is 0 Å². The lowest BCUT2D eigenvalue weighted by Crippen LogP contribution is -2.43. The molecule has 3 atom stereocenters. The van der Waals surface area contributed by atoms with Gasteiger partial charge in [0.1, 0.15) is 0 Å². The van der Waals surface area contributed by atoms with Gasteiger partial charge >= 0.3 is 0 Å². The Balaban J connectivity index is 2.16. The summed E-state index contributed by atoms with van der Waals surface area (Å²) in [7, 11) is 0. The first-order valence-electron chi connectivity index (χ1n) is 9.03. The van der Waals surface area contributed by atoms with Crippen molar-refractivity contribution >= 4 is 5.78 Å². The summed E-state index contributed by atoms with van der Waals surface area (Å²) in [6.07, 6.45) is 6.50. The molecular formula is C21H30O. The summed E-state index contributed by atoms with van der Waals surface area (Å²) in [4.78, 5) is 12.2. The van der Waals surface area contributed by atoms with Gasteiger partial charge < -0.3 is 0 Å². The monoisotopic (exact) mass is 298 g/mol. The maximum atomic E-state index is 12.2. The number of aryl methyl sites for hydroxylation is 1. The maximum absolute atomic E-state index is 12.2. The lowest BCUT2D eigenvalue weighted by atomic mass is 9.55. The molecule has 0 saturated heterocycles. The Hall–Kier alpha value is -1.11. The molecule has 22 heavy (non-hydrogen) atoms. The number of Topliss-reactive ketones (excluding diaryl/α,β-unsaturated/α-hetero) is 1. The van der Waals surface area contributed by atoms with Gasteiger partial charge in [-0.05, 0) is 72.1 Å². The molecule has 0 aromatic heterocycles. The van der Waals surface area contributed by atoms with E-state index in [2.05, 4.69) is 39.8 Å². The van der Waals surface area contributed by atoms with Gasteiger partial charge in [0.15, 0.2) is 5.78 Å². The Labute approximate surface area is 135 Å². The van der Waals surface area contributed by atoms with E-state index in [1.807, 2.05) is 0 Å². The van der Waals surface area contributed by atoms with E-state index >= 15 is 0 Å². The van der Waals surface area contributed by atoms with Crippen LogP contribution in [0.4, 0.5) is 0 Å². The highest BCUT2D eigenvalue weighted by molar-refractivity contribution is 5.96. The quantitative estimate of drug-likeness (QED) is 0.644. The van der Waals surface area contributed by atoms with Crippen molar-refractivity contribution in [2.45, 2.75) is 78.1 Å². The van der Waals surface area contributed by atoms with Gasteiger partial charge in [0.2, 0.25) is 0 Å². The number of hydrogen-bond acceptors (Lipinski definition) is 1. The predicted octanol–water partition coefficient (Wildman–Crippen LogP) is 5.65. The van der Waals surface area contributed by atoms with Crippen LogP contribution in [-0.2, 0) is 11.8 Å². The molecular weight excluding hydrogens is 268 g/mol. The van der Waals surface area contributed by atoms with Crippen LogP contribution in [-0.4, -0.2) is 5.78 Å². The Kier molecular flexibility index (Phi) is 3.95. The van der Waals surface area contributed by atoms with E-state index in [9.17, 15) is 4.79 Å². The molecule has 2 unspecified atom stereocenters. The second-order valence-electron chi connectivity index (χ2n) is 8.24. The normalized spacial score (nSPS) is 30.8. The average molecular weight is 298 g/mol. The Bertz CT molecular complexity index is 598. The van der Waals surface area contributed by atoms with E-state index in [0.717, 1.165) is 17.4 Å². The number of hydrogen-bond donors (Lipinski definition) is 0. The average Bonchev–Trinajstić information content (AvgIpc) is 2.45. The summed E-state index contributed by atoms with van der Waals surface area (Å²) in [6.45, 7) is 11.0. The molecule has 1 aromatic rings. The second kappa shape index (κ2) is 5.51. The molecule has 0 aliphatic heterocycles. The maximum Gasteiger partial charge on any atom is 0.160 e. The molecule has 0 amide bonds. The van der Waals surface area contributed by atoms with E-state index in [1.165, 1.54) is 48.8 Å². The minimum Gasteiger partial charge on any atom is -0.295 e. The van der Waals surface area contributed by atoms with Gasteiger partial charge in [-0.3, -0.25) is 4.79 Å². The van der Waals surface area contributed by atoms with Crippen LogP contribution in [0.15, 0.2) is 12.1 Å². The highest BCUT2D eigenvalue weighted by atomic mass is 16.1. The third-order valence-electron chi connectivity index (χ3n) is 6.48. The summed E-state index contributed by atoms with van der Waals surface area (Å²) in [6, 6.07) is 4.63. The van der Waals surface area contributed by atoms with E-state index in [0.29, 0.717) is 5.92 Å². The lowest BCUT2D eigenvalue weighted by molar-refractivity contribution is 0.101. The molecule has 2 aliphatic rings. The molecule has 1 nitrogen and oxygen atoms in total. The fourth-order valence-corrected chi connectivity index (χ4v) is 5.24. The summed E-state index contributed by atoms with van der Waals surface area (Å²) in [5, 5.41) is 0. The van der Waals surface area contributed by atoms with Gasteiger partial charge in [0, 0.05) is 5.56 Å². The SMILES string of the molecule is CC(=O)c1cc2c(cc1C(C)C)CCC1[C@@H](C)CCCC21C. The fourth-order valence-electron chi connectivity index (χ4n) is 5.24. The number of carbonyl (C=O) groups is 1. The Morgan fingerprint density at radius 1 is 1.27 bits per heavy atom. The van der Waals surface area contributed by atoms with E-state index in [1.54, 1.807) is 6.92 Å². The molecule has 3 rings (SSSR count). The predicted molar refractivity (Wildman–Crippen MR) is 92.7 cm³/mol. The van der Waals surface area contributed by atoms with Gasteiger partial charge in [0.25, 0.3) is 0 Å². The zero-order valence-corrected chi connectivity index (χ0v) is 14.8. The van der Waals surface area contributed by atoms with Gasteiger partial charge in [-0.2, -0.15) is 0 Å². The topological polar surface area (TPSA) is 17.1 Å². The minimum absolute atomic E-state index is 0.223. The first kappa shape index (κ1) is 15.8. The highest BCUT2D eigenvalue weighted by Gasteiger charge is 2.45. The molecule has 1 fully saturated rings. The first-order chi connectivity index (χ1) is 10.3. The smallest absolute Gasteiger partial charge is 0.160 e. The van der Waals surface area contributed by atoms with Crippen LogP contribution < -0.4 is 0 Å². The van der Waals surface area contributed by atoms with E-state index in [4.69, 9.17) is 0 Å². The molecule has 1 saturated carbocycles. The zero-order chi connectivity index (χ0) is 16.1. The lowest BCUT2D eigenvalue weighted by Gasteiger charge is -2.50. The van der Waals surface area contributed by atoms with Crippen molar-refractivity contribution in [3.8, 4) is 0 Å². The molecule has 1 aromatic carbocycles. The van der Waals surface area contributed by atoms with Crippen LogP contribution in [0.3, 0.4) is 0 Å². The molecule has 1 heteroatoms. The molecule has 0 radical (unpaired) electrons. The first-order valence-corrected chi connectivity index (χ1v) is 9.03. The molecule has 2 aliphatic carbocycles. The van der Waals surface area contributed by atoms with Gasteiger partial charge in [-0.25, -0.2) is 0 Å². The number of carbonyl (C=O) groups excluding carboxylic acids is 1. The van der Waals surface area contributed by atoms with Crippen molar-refractivity contribution in [1.29, 1.82) is 0 Å². The third-order valence-corrected chi connectivity index (χ3v) is 6.48.